The van der Waals surface area contributed by atoms with Crippen molar-refractivity contribution in [1.82, 2.24) is 4.31 Å². The van der Waals surface area contributed by atoms with Crippen molar-refractivity contribution in [3.63, 3.8) is 0 Å². The molecule has 0 spiro atoms. The minimum Gasteiger partial charge on any atom is -0.303 e. The number of carbonyl (C=O) groups is 1. The van der Waals surface area contributed by atoms with Crippen molar-refractivity contribution >= 4 is 16.3 Å². The van der Waals surface area contributed by atoms with E-state index in [9.17, 15) is 13.2 Å². The van der Waals surface area contributed by atoms with Gasteiger partial charge in [0.25, 0.3) is 0 Å². The van der Waals surface area contributed by atoms with E-state index in [1.807, 2.05) is 19.1 Å². The highest BCUT2D eigenvalue weighted by Gasteiger charge is 2.28. The molecule has 1 aliphatic heterocycles. The summed E-state index contributed by atoms with van der Waals surface area (Å²) in [6.07, 6.45) is 3.07. The maximum Gasteiger partial charge on any atom is 0.243 e. The second-order valence-corrected chi connectivity index (χ2v) is 6.81. The maximum atomic E-state index is 12.4. The molecule has 1 heterocycles. The van der Waals surface area contributed by atoms with E-state index >= 15 is 0 Å². The number of aldehydes is 1. The SMILES string of the molecule is CCc1ccc(S(=O)(=O)N2CCC(C=O)CC2)cc1. The molecule has 1 fully saturated rings. The molecule has 0 saturated carbocycles. The minimum atomic E-state index is -3.40. The van der Waals surface area contributed by atoms with Crippen LogP contribution in [0.3, 0.4) is 0 Å². The van der Waals surface area contributed by atoms with Gasteiger partial charge in [0.15, 0.2) is 0 Å². The molecule has 0 radical (unpaired) electrons. The molecular weight excluding hydrogens is 262 g/mol. The minimum absolute atomic E-state index is 0.00826. The van der Waals surface area contributed by atoms with Gasteiger partial charge in [-0.05, 0) is 37.0 Å². The summed E-state index contributed by atoms with van der Waals surface area (Å²) in [5.74, 6) is 0.00826. The first-order valence-corrected chi connectivity index (χ1v) is 8.06. The molecule has 1 aromatic rings. The molecule has 0 unspecified atom stereocenters. The Balaban J connectivity index is 2.15. The molecule has 2 rings (SSSR count). The molecule has 0 aliphatic carbocycles. The first-order valence-electron chi connectivity index (χ1n) is 6.62. The molecule has 0 amide bonds. The summed E-state index contributed by atoms with van der Waals surface area (Å²) in [7, 11) is -3.40. The molecule has 0 bridgehead atoms. The zero-order valence-electron chi connectivity index (χ0n) is 11.1. The van der Waals surface area contributed by atoms with Gasteiger partial charge in [-0.25, -0.2) is 8.42 Å². The van der Waals surface area contributed by atoms with Gasteiger partial charge in [-0.15, -0.1) is 0 Å². The summed E-state index contributed by atoms with van der Waals surface area (Å²) in [5.41, 5.74) is 1.12. The van der Waals surface area contributed by atoms with Gasteiger partial charge in [0.05, 0.1) is 4.90 Å². The summed E-state index contributed by atoms with van der Waals surface area (Å²) in [4.78, 5) is 11.0. The molecule has 19 heavy (non-hydrogen) atoms. The van der Waals surface area contributed by atoms with E-state index in [1.165, 1.54) is 4.31 Å². The van der Waals surface area contributed by atoms with Crippen molar-refractivity contribution in [2.24, 2.45) is 5.92 Å². The Hall–Kier alpha value is -1.20. The van der Waals surface area contributed by atoms with Gasteiger partial charge in [-0.3, -0.25) is 0 Å². The molecule has 0 atom stereocenters. The van der Waals surface area contributed by atoms with Crippen molar-refractivity contribution in [3.8, 4) is 0 Å². The lowest BCUT2D eigenvalue weighted by Gasteiger charge is -2.28. The maximum absolute atomic E-state index is 12.4. The lowest BCUT2D eigenvalue weighted by Crippen LogP contribution is -2.38. The average Bonchev–Trinajstić information content (AvgIpc) is 2.47. The van der Waals surface area contributed by atoms with E-state index in [1.54, 1.807) is 12.1 Å². The largest absolute Gasteiger partial charge is 0.303 e. The van der Waals surface area contributed by atoms with Crippen LogP contribution >= 0.6 is 0 Å². The lowest BCUT2D eigenvalue weighted by molar-refractivity contribution is -0.112. The molecule has 0 N–H and O–H groups in total. The highest BCUT2D eigenvalue weighted by atomic mass is 32.2. The quantitative estimate of drug-likeness (QED) is 0.791. The fourth-order valence-corrected chi connectivity index (χ4v) is 3.77. The summed E-state index contributed by atoms with van der Waals surface area (Å²) >= 11 is 0. The van der Waals surface area contributed by atoms with Crippen molar-refractivity contribution in [1.29, 1.82) is 0 Å². The monoisotopic (exact) mass is 281 g/mol. The first-order chi connectivity index (χ1) is 9.07. The average molecular weight is 281 g/mol. The van der Waals surface area contributed by atoms with Crippen LogP contribution in [0.25, 0.3) is 0 Å². The van der Waals surface area contributed by atoms with E-state index < -0.39 is 10.0 Å². The molecule has 1 aliphatic rings. The van der Waals surface area contributed by atoms with E-state index in [4.69, 9.17) is 0 Å². The fraction of sp³-hybridized carbons (Fsp3) is 0.500. The normalized spacial score (nSPS) is 18.4. The number of hydrogen-bond acceptors (Lipinski definition) is 3. The predicted octanol–water partition coefficient (Wildman–Crippen LogP) is 1.85. The Morgan fingerprint density at radius 3 is 2.26 bits per heavy atom. The summed E-state index contributed by atoms with van der Waals surface area (Å²) in [6, 6.07) is 7.04. The third kappa shape index (κ3) is 3.04. The predicted molar refractivity (Wildman–Crippen MR) is 73.4 cm³/mol. The van der Waals surface area contributed by atoms with Crippen molar-refractivity contribution in [2.45, 2.75) is 31.1 Å². The van der Waals surface area contributed by atoms with Gasteiger partial charge < -0.3 is 4.79 Å². The van der Waals surface area contributed by atoms with Crippen molar-refractivity contribution < 1.29 is 13.2 Å². The van der Waals surface area contributed by atoms with Gasteiger partial charge >= 0.3 is 0 Å². The van der Waals surface area contributed by atoms with Crippen LogP contribution in [0.4, 0.5) is 0 Å². The van der Waals surface area contributed by atoms with Gasteiger partial charge in [0.2, 0.25) is 10.0 Å². The molecular formula is C14H19NO3S. The number of aryl methyl sites for hydroxylation is 1. The number of carbonyl (C=O) groups excluding carboxylic acids is 1. The number of benzene rings is 1. The van der Waals surface area contributed by atoms with Crippen LogP contribution in [0.15, 0.2) is 29.2 Å². The smallest absolute Gasteiger partial charge is 0.243 e. The van der Waals surface area contributed by atoms with Gasteiger partial charge in [-0.1, -0.05) is 19.1 Å². The standard InChI is InChI=1S/C14H19NO3S/c1-2-12-3-5-14(6-4-12)19(17,18)15-9-7-13(11-16)8-10-15/h3-6,11,13H,2,7-10H2,1H3. The van der Waals surface area contributed by atoms with Crippen LogP contribution in [0.1, 0.15) is 25.3 Å². The van der Waals surface area contributed by atoms with E-state index in [0.29, 0.717) is 30.8 Å². The van der Waals surface area contributed by atoms with Crippen LogP contribution in [0.2, 0.25) is 0 Å². The summed E-state index contributed by atoms with van der Waals surface area (Å²) < 4.78 is 26.3. The lowest BCUT2D eigenvalue weighted by atomic mass is 10.0. The fourth-order valence-electron chi connectivity index (χ4n) is 2.30. The first kappa shape index (κ1) is 14.2. The molecule has 104 valence electrons. The third-order valence-electron chi connectivity index (χ3n) is 3.66. The Bertz CT molecular complexity index is 528. The summed E-state index contributed by atoms with van der Waals surface area (Å²) in [6.45, 7) is 2.90. The van der Waals surface area contributed by atoms with E-state index in [2.05, 4.69) is 0 Å². The number of nitrogens with zero attached hydrogens (tertiary/aromatic N) is 1. The van der Waals surface area contributed by atoms with Crippen LogP contribution in [-0.4, -0.2) is 32.1 Å². The second kappa shape index (κ2) is 5.84. The van der Waals surface area contributed by atoms with Gasteiger partial charge in [0, 0.05) is 19.0 Å². The zero-order valence-corrected chi connectivity index (χ0v) is 11.9. The zero-order chi connectivity index (χ0) is 13.9. The third-order valence-corrected chi connectivity index (χ3v) is 5.57. The highest BCUT2D eigenvalue weighted by Crippen LogP contribution is 2.23. The van der Waals surface area contributed by atoms with Crippen LogP contribution in [0.5, 0.6) is 0 Å². The van der Waals surface area contributed by atoms with Crippen molar-refractivity contribution in [3.05, 3.63) is 29.8 Å². The molecule has 1 aromatic carbocycles. The highest BCUT2D eigenvalue weighted by molar-refractivity contribution is 7.89. The molecule has 5 heteroatoms. The van der Waals surface area contributed by atoms with Crippen molar-refractivity contribution in [2.75, 3.05) is 13.1 Å². The number of sulfonamides is 1. The molecule has 0 aromatic heterocycles. The van der Waals surface area contributed by atoms with E-state index in [0.717, 1.165) is 18.3 Å². The second-order valence-electron chi connectivity index (χ2n) is 4.88. The van der Waals surface area contributed by atoms with Gasteiger partial charge in [0.1, 0.15) is 6.29 Å². The van der Waals surface area contributed by atoms with E-state index in [-0.39, 0.29) is 5.92 Å². The number of piperidine rings is 1. The van der Waals surface area contributed by atoms with Crippen LogP contribution in [0, 0.1) is 5.92 Å². The topological polar surface area (TPSA) is 54.5 Å². The number of hydrogen-bond donors (Lipinski definition) is 0. The Labute approximate surface area is 114 Å². The summed E-state index contributed by atoms with van der Waals surface area (Å²) in [5, 5.41) is 0. The van der Waals surface area contributed by atoms with Crippen LogP contribution < -0.4 is 0 Å². The van der Waals surface area contributed by atoms with Crippen LogP contribution in [-0.2, 0) is 21.2 Å². The Morgan fingerprint density at radius 2 is 1.79 bits per heavy atom. The Morgan fingerprint density at radius 1 is 1.21 bits per heavy atom. The molecule has 1 saturated heterocycles. The number of rotatable bonds is 4. The van der Waals surface area contributed by atoms with Gasteiger partial charge in [-0.2, -0.15) is 4.31 Å². The Kier molecular flexibility index (Phi) is 4.37. The molecule has 4 nitrogen and oxygen atoms in total.